The molecule has 0 bridgehead atoms. The number of amides is 3. The van der Waals surface area contributed by atoms with Gasteiger partial charge < -0.3 is 25.4 Å². The van der Waals surface area contributed by atoms with Crippen molar-refractivity contribution in [3.05, 3.63) is 35.9 Å². The van der Waals surface area contributed by atoms with Crippen LogP contribution in [0.15, 0.2) is 30.3 Å². The Balaban J connectivity index is 1.53. The van der Waals surface area contributed by atoms with Gasteiger partial charge in [-0.15, -0.1) is 0 Å². The molecule has 156 valence electrons. The molecule has 3 amide bonds. The van der Waals surface area contributed by atoms with Crippen molar-refractivity contribution in [1.82, 2.24) is 16.0 Å². The van der Waals surface area contributed by atoms with Gasteiger partial charge in [-0.25, -0.2) is 4.79 Å². The molecule has 2 aliphatic rings. The predicted molar refractivity (Wildman–Crippen MR) is 101 cm³/mol. The van der Waals surface area contributed by atoms with E-state index in [2.05, 4.69) is 16.0 Å². The number of carbonyl (C=O) groups is 4. The lowest BCUT2D eigenvalue weighted by Gasteiger charge is -2.38. The van der Waals surface area contributed by atoms with Gasteiger partial charge >= 0.3 is 12.1 Å². The Kier molecular flexibility index (Phi) is 6.69. The van der Waals surface area contributed by atoms with Gasteiger partial charge in [0.05, 0.1) is 5.92 Å². The first-order valence-electron chi connectivity index (χ1n) is 9.69. The van der Waals surface area contributed by atoms with Crippen LogP contribution in [-0.4, -0.2) is 42.2 Å². The third-order valence-electron chi connectivity index (χ3n) is 5.08. The number of β-lactam (4-membered cyclic amide) rings is 1. The Labute approximate surface area is 168 Å². The number of carbonyl (C=O) groups excluding carboxylic acids is 4. The normalized spacial score (nSPS) is 25.8. The first-order chi connectivity index (χ1) is 13.9. The van der Waals surface area contributed by atoms with Gasteiger partial charge in [0.15, 0.2) is 6.04 Å². The molecule has 1 saturated heterocycles. The summed E-state index contributed by atoms with van der Waals surface area (Å²) < 4.78 is 10.2. The number of esters is 1. The summed E-state index contributed by atoms with van der Waals surface area (Å²) in [6.07, 6.45) is 1.50. The molecule has 2 fully saturated rings. The average molecular weight is 403 g/mol. The van der Waals surface area contributed by atoms with E-state index in [1.807, 2.05) is 30.3 Å². The number of ether oxygens (including phenoxy) is 2. The highest BCUT2D eigenvalue weighted by Gasteiger charge is 2.44. The van der Waals surface area contributed by atoms with Crippen molar-refractivity contribution in [2.45, 2.75) is 57.5 Å². The fraction of sp³-hybridized carbons (Fsp3) is 0.500. The van der Waals surface area contributed by atoms with Gasteiger partial charge in [0.1, 0.15) is 6.61 Å². The van der Waals surface area contributed by atoms with Crippen LogP contribution in [0.2, 0.25) is 0 Å². The lowest BCUT2D eigenvalue weighted by Crippen LogP contribution is -2.71. The third-order valence-corrected chi connectivity index (χ3v) is 5.08. The SMILES string of the molecule is CC(=O)O[C@@H]1NC(=O)[C@H]1NC(=O)[C@@H]1CCCC[C@@H]1NC(=O)OCc1ccccc1. The number of rotatable bonds is 6. The van der Waals surface area contributed by atoms with Gasteiger partial charge in [0, 0.05) is 13.0 Å². The summed E-state index contributed by atoms with van der Waals surface area (Å²) in [5.74, 6) is -1.80. The van der Waals surface area contributed by atoms with E-state index in [1.54, 1.807) is 0 Å². The second-order valence-corrected chi connectivity index (χ2v) is 7.23. The highest BCUT2D eigenvalue weighted by atomic mass is 16.6. The van der Waals surface area contributed by atoms with Gasteiger partial charge in [0.25, 0.3) is 5.91 Å². The molecule has 3 rings (SSSR count). The molecule has 0 aromatic heterocycles. The second kappa shape index (κ2) is 9.40. The van der Waals surface area contributed by atoms with Gasteiger partial charge in [0.2, 0.25) is 12.1 Å². The maximum Gasteiger partial charge on any atom is 0.407 e. The van der Waals surface area contributed by atoms with Crippen molar-refractivity contribution >= 4 is 23.9 Å². The number of nitrogens with one attached hydrogen (secondary N) is 3. The second-order valence-electron chi connectivity index (χ2n) is 7.23. The van der Waals surface area contributed by atoms with Crippen molar-refractivity contribution < 1.29 is 28.7 Å². The maximum atomic E-state index is 12.7. The molecule has 1 aromatic carbocycles. The van der Waals surface area contributed by atoms with E-state index < -0.39 is 36.2 Å². The molecule has 4 atom stereocenters. The Hall–Kier alpha value is -3.10. The minimum atomic E-state index is -0.918. The van der Waals surface area contributed by atoms with Crippen LogP contribution in [0.3, 0.4) is 0 Å². The standard InChI is InChI=1S/C20H25N3O6/c1-12(24)29-19-16(18(26)23-19)22-17(25)14-9-5-6-10-15(14)21-20(27)28-11-13-7-3-2-4-8-13/h2-4,7-8,14-16,19H,5-6,9-11H2,1H3,(H,21,27)(H,22,25)(H,23,26)/t14-,15+,16-,19+/m1/s1. The summed E-state index contributed by atoms with van der Waals surface area (Å²) in [5.41, 5.74) is 0.869. The fourth-order valence-corrected chi connectivity index (χ4v) is 3.57. The Morgan fingerprint density at radius 3 is 2.52 bits per heavy atom. The van der Waals surface area contributed by atoms with Crippen LogP contribution >= 0.6 is 0 Å². The Morgan fingerprint density at radius 1 is 1.10 bits per heavy atom. The third kappa shape index (κ3) is 5.46. The number of hydrogen-bond donors (Lipinski definition) is 3. The summed E-state index contributed by atoms with van der Waals surface area (Å²) >= 11 is 0. The Bertz CT molecular complexity index is 769. The molecule has 9 heteroatoms. The summed E-state index contributed by atoms with van der Waals surface area (Å²) in [5, 5.41) is 7.83. The molecule has 1 saturated carbocycles. The molecule has 1 aromatic rings. The molecule has 0 unspecified atom stereocenters. The monoisotopic (exact) mass is 403 g/mol. The van der Waals surface area contributed by atoms with Crippen LogP contribution in [0, 0.1) is 5.92 Å². The molecular formula is C20H25N3O6. The van der Waals surface area contributed by atoms with Crippen LogP contribution in [-0.2, 0) is 30.5 Å². The highest BCUT2D eigenvalue weighted by molar-refractivity contribution is 5.94. The van der Waals surface area contributed by atoms with Crippen molar-refractivity contribution in [3.63, 3.8) is 0 Å². The zero-order valence-corrected chi connectivity index (χ0v) is 16.2. The quantitative estimate of drug-likeness (QED) is 0.481. The van der Waals surface area contributed by atoms with Crippen molar-refractivity contribution in [2.75, 3.05) is 0 Å². The molecule has 1 heterocycles. The molecule has 0 radical (unpaired) electrons. The van der Waals surface area contributed by atoms with Crippen LogP contribution < -0.4 is 16.0 Å². The predicted octanol–water partition coefficient (Wildman–Crippen LogP) is 0.975. The number of alkyl carbamates (subject to hydrolysis) is 1. The average Bonchev–Trinajstić information content (AvgIpc) is 2.71. The molecule has 0 spiro atoms. The van der Waals surface area contributed by atoms with Gasteiger partial charge in [-0.1, -0.05) is 43.2 Å². The molecule has 3 N–H and O–H groups in total. The summed E-state index contributed by atoms with van der Waals surface area (Å²) in [4.78, 5) is 47.7. The van der Waals surface area contributed by atoms with E-state index in [4.69, 9.17) is 9.47 Å². The van der Waals surface area contributed by atoms with Crippen molar-refractivity contribution in [2.24, 2.45) is 5.92 Å². The molecule has 1 aliphatic carbocycles. The van der Waals surface area contributed by atoms with Crippen LogP contribution in [0.5, 0.6) is 0 Å². The smallest absolute Gasteiger partial charge is 0.407 e. The zero-order valence-electron chi connectivity index (χ0n) is 16.2. The van der Waals surface area contributed by atoms with E-state index in [9.17, 15) is 19.2 Å². The topological polar surface area (TPSA) is 123 Å². The molecular weight excluding hydrogens is 378 g/mol. The van der Waals surface area contributed by atoms with E-state index in [0.717, 1.165) is 18.4 Å². The van der Waals surface area contributed by atoms with E-state index in [0.29, 0.717) is 12.8 Å². The van der Waals surface area contributed by atoms with E-state index in [1.165, 1.54) is 6.92 Å². The lowest BCUT2D eigenvalue weighted by atomic mass is 9.83. The number of hydrogen-bond acceptors (Lipinski definition) is 6. The van der Waals surface area contributed by atoms with E-state index >= 15 is 0 Å². The summed E-state index contributed by atoms with van der Waals surface area (Å²) in [6.45, 7) is 1.37. The van der Waals surface area contributed by atoms with Gasteiger partial charge in [-0.3, -0.25) is 14.4 Å². The van der Waals surface area contributed by atoms with Crippen LogP contribution in [0.4, 0.5) is 4.79 Å². The summed E-state index contributed by atoms with van der Waals surface area (Å²) in [6, 6.07) is 8.00. The lowest BCUT2D eigenvalue weighted by molar-refractivity contribution is -0.164. The van der Waals surface area contributed by atoms with Gasteiger partial charge in [-0.2, -0.15) is 0 Å². The molecule has 29 heavy (non-hydrogen) atoms. The van der Waals surface area contributed by atoms with Crippen LogP contribution in [0.1, 0.15) is 38.2 Å². The first-order valence-corrected chi connectivity index (χ1v) is 9.69. The zero-order chi connectivity index (χ0) is 20.8. The number of benzene rings is 1. The van der Waals surface area contributed by atoms with Gasteiger partial charge in [-0.05, 0) is 18.4 Å². The van der Waals surface area contributed by atoms with E-state index in [-0.39, 0.29) is 18.6 Å². The fourth-order valence-electron chi connectivity index (χ4n) is 3.57. The maximum absolute atomic E-state index is 12.7. The molecule has 9 nitrogen and oxygen atoms in total. The van der Waals surface area contributed by atoms with Crippen LogP contribution in [0.25, 0.3) is 0 Å². The first kappa shape index (κ1) is 20.6. The van der Waals surface area contributed by atoms with Crippen molar-refractivity contribution in [1.29, 1.82) is 0 Å². The minimum absolute atomic E-state index is 0.141. The molecule has 1 aliphatic heterocycles. The highest BCUT2D eigenvalue weighted by Crippen LogP contribution is 2.25. The summed E-state index contributed by atoms with van der Waals surface area (Å²) in [7, 11) is 0. The van der Waals surface area contributed by atoms with Crippen molar-refractivity contribution in [3.8, 4) is 0 Å². The Morgan fingerprint density at radius 2 is 1.83 bits per heavy atom. The largest absolute Gasteiger partial charge is 0.445 e. The minimum Gasteiger partial charge on any atom is -0.445 e.